The van der Waals surface area contributed by atoms with Gasteiger partial charge in [0.1, 0.15) is 18.3 Å². The van der Waals surface area contributed by atoms with E-state index in [1.165, 1.54) is 4.90 Å². The number of para-hydroxylation sites is 1. The highest BCUT2D eigenvalue weighted by atomic mass is 16.5. The molecule has 0 N–H and O–H groups in total. The van der Waals surface area contributed by atoms with Gasteiger partial charge >= 0.3 is 6.03 Å². The van der Waals surface area contributed by atoms with Crippen LogP contribution in [0, 0.1) is 0 Å². The Labute approximate surface area is 161 Å². The second-order valence-electron chi connectivity index (χ2n) is 6.33. The molecule has 2 aromatic carbocycles. The van der Waals surface area contributed by atoms with Crippen LogP contribution in [-0.4, -0.2) is 40.1 Å². The first kappa shape index (κ1) is 17.7. The summed E-state index contributed by atoms with van der Waals surface area (Å²) in [6, 6.07) is 15.3. The van der Waals surface area contributed by atoms with Gasteiger partial charge < -0.3 is 9.26 Å². The number of imide groups is 1. The van der Waals surface area contributed by atoms with Gasteiger partial charge in [0.05, 0.1) is 7.11 Å². The minimum atomic E-state index is -0.598. The van der Waals surface area contributed by atoms with Crippen LogP contribution in [0.1, 0.15) is 12.8 Å². The Morgan fingerprint density at radius 1 is 1.07 bits per heavy atom. The minimum Gasteiger partial charge on any atom is -0.497 e. The van der Waals surface area contributed by atoms with Crippen molar-refractivity contribution in [1.82, 2.24) is 15.0 Å². The number of carbonyl (C=O) groups is 2. The van der Waals surface area contributed by atoms with Crippen molar-refractivity contribution >= 4 is 17.6 Å². The fourth-order valence-electron chi connectivity index (χ4n) is 3.11. The summed E-state index contributed by atoms with van der Waals surface area (Å²) in [5.41, 5.74) is 1.41. The third kappa shape index (κ3) is 3.09. The van der Waals surface area contributed by atoms with Gasteiger partial charge in [-0.1, -0.05) is 23.4 Å². The zero-order valence-electron chi connectivity index (χ0n) is 15.4. The van der Waals surface area contributed by atoms with Gasteiger partial charge in [-0.25, -0.2) is 4.79 Å². The average molecular weight is 378 g/mol. The molecule has 0 radical (unpaired) electrons. The Morgan fingerprint density at radius 2 is 1.79 bits per heavy atom. The molecule has 0 bridgehead atoms. The number of urea groups is 1. The summed E-state index contributed by atoms with van der Waals surface area (Å²) in [6.07, 6.45) is 0. The van der Waals surface area contributed by atoms with Crippen LogP contribution >= 0.6 is 0 Å². The van der Waals surface area contributed by atoms with Gasteiger partial charge in [0.15, 0.2) is 0 Å². The Kier molecular flexibility index (Phi) is 4.52. The Morgan fingerprint density at radius 3 is 2.46 bits per heavy atom. The van der Waals surface area contributed by atoms with Crippen molar-refractivity contribution < 1.29 is 18.8 Å². The maximum atomic E-state index is 12.8. The van der Waals surface area contributed by atoms with E-state index in [2.05, 4.69) is 10.1 Å². The molecule has 1 aliphatic heterocycles. The Bertz CT molecular complexity index is 1000. The lowest BCUT2D eigenvalue weighted by Gasteiger charge is -2.18. The van der Waals surface area contributed by atoms with Gasteiger partial charge in [0.25, 0.3) is 5.91 Å². The number of anilines is 1. The molecule has 1 aromatic heterocycles. The minimum absolute atomic E-state index is 0.0749. The first-order valence-corrected chi connectivity index (χ1v) is 8.75. The topological polar surface area (TPSA) is 88.8 Å². The highest BCUT2D eigenvalue weighted by Crippen LogP contribution is 2.27. The van der Waals surface area contributed by atoms with Crippen molar-refractivity contribution in [1.29, 1.82) is 0 Å². The summed E-state index contributed by atoms with van der Waals surface area (Å²) in [6.45, 7) is 1.62. The van der Waals surface area contributed by atoms with Gasteiger partial charge in [-0.3, -0.25) is 14.6 Å². The van der Waals surface area contributed by atoms with Crippen molar-refractivity contribution in [2.24, 2.45) is 0 Å². The number of amides is 3. The van der Waals surface area contributed by atoms with Gasteiger partial charge in [0.2, 0.25) is 11.7 Å². The largest absolute Gasteiger partial charge is 0.497 e. The molecule has 2 heterocycles. The summed E-state index contributed by atoms with van der Waals surface area (Å²) in [4.78, 5) is 32.3. The van der Waals surface area contributed by atoms with Crippen LogP contribution in [0.3, 0.4) is 0 Å². The monoisotopic (exact) mass is 378 g/mol. The number of methoxy groups -OCH3 is 1. The maximum Gasteiger partial charge on any atom is 0.332 e. The highest BCUT2D eigenvalue weighted by molar-refractivity contribution is 6.13. The summed E-state index contributed by atoms with van der Waals surface area (Å²) in [5, 5.41) is 3.94. The molecule has 1 atom stereocenters. The van der Waals surface area contributed by atoms with E-state index >= 15 is 0 Å². The molecule has 0 saturated carbocycles. The third-order valence-electron chi connectivity index (χ3n) is 4.59. The molecule has 1 saturated heterocycles. The standard InChI is InChI=1S/C20H18N4O4/c1-13-19(25)23(20(26)24(13)15-6-4-3-5-7-15)12-17-21-18(22-28-17)14-8-10-16(27-2)11-9-14/h3-11,13H,12H2,1-2H3/t13-/m0/s1. The molecule has 142 valence electrons. The first-order chi connectivity index (χ1) is 13.6. The molecule has 0 aliphatic carbocycles. The zero-order valence-corrected chi connectivity index (χ0v) is 15.4. The molecule has 3 amide bonds. The molecule has 4 rings (SSSR count). The molecular formula is C20H18N4O4. The van der Waals surface area contributed by atoms with Crippen molar-refractivity contribution in [2.75, 3.05) is 12.0 Å². The van der Waals surface area contributed by atoms with E-state index < -0.39 is 12.1 Å². The van der Waals surface area contributed by atoms with Crippen LogP contribution in [-0.2, 0) is 11.3 Å². The summed E-state index contributed by atoms with van der Waals surface area (Å²) in [5.74, 6) is 0.980. The Balaban J connectivity index is 1.53. The van der Waals surface area contributed by atoms with Crippen LogP contribution in [0.25, 0.3) is 11.4 Å². The van der Waals surface area contributed by atoms with E-state index in [9.17, 15) is 9.59 Å². The van der Waals surface area contributed by atoms with Crippen molar-refractivity contribution in [3.8, 4) is 17.1 Å². The fraction of sp³-hybridized carbons (Fsp3) is 0.200. The van der Waals surface area contributed by atoms with Crippen molar-refractivity contribution in [3.63, 3.8) is 0 Å². The van der Waals surface area contributed by atoms with E-state index in [1.807, 2.05) is 18.2 Å². The number of hydrogen-bond donors (Lipinski definition) is 0. The summed E-state index contributed by atoms with van der Waals surface area (Å²) >= 11 is 0. The number of hydrogen-bond acceptors (Lipinski definition) is 6. The van der Waals surface area contributed by atoms with Crippen LogP contribution < -0.4 is 9.64 Å². The molecule has 1 fully saturated rings. The number of carbonyl (C=O) groups excluding carboxylic acids is 2. The van der Waals surface area contributed by atoms with Gasteiger partial charge in [-0.15, -0.1) is 0 Å². The van der Waals surface area contributed by atoms with Gasteiger partial charge in [0, 0.05) is 11.3 Å². The lowest BCUT2D eigenvalue weighted by atomic mass is 10.2. The van der Waals surface area contributed by atoms with Crippen molar-refractivity contribution in [2.45, 2.75) is 19.5 Å². The molecule has 8 heteroatoms. The van der Waals surface area contributed by atoms with E-state index in [0.717, 1.165) is 16.2 Å². The first-order valence-electron chi connectivity index (χ1n) is 8.75. The van der Waals surface area contributed by atoms with E-state index in [1.54, 1.807) is 50.4 Å². The number of benzene rings is 2. The number of aromatic nitrogens is 2. The van der Waals surface area contributed by atoms with Gasteiger partial charge in [-0.05, 0) is 43.3 Å². The predicted molar refractivity (Wildman–Crippen MR) is 101 cm³/mol. The summed E-state index contributed by atoms with van der Waals surface area (Å²) < 4.78 is 10.4. The quantitative estimate of drug-likeness (QED) is 0.634. The van der Waals surface area contributed by atoms with Crippen LogP contribution in [0.15, 0.2) is 59.1 Å². The molecule has 28 heavy (non-hydrogen) atoms. The number of rotatable bonds is 5. The second-order valence-corrected chi connectivity index (χ2v) is 6.33. The van der Waals surface area contributed by atoms with E-state index in [4.69, 9.17) is 9.26 Å². The van der Waals surface area contributed by atoms with E-state index in [0.29, 0.717) is 11.5 Å². The predicted octanol–water partition coefficient (Wildman–Crippen LogP) is 3.10. The summed E-state index contributed by atoms with van der Waals surface area (Å²) in [7, 11) is 1.59. The maximum absolute atomic E-state index is 12.8. The number of nitrogens with zero attached hydrogens (tertiary/aromatic N) is 4. The lowest BCUT2D eigenvalue weighted by molar-refractivity contribution is -0.127. The molecular weight excluding hydrogens is 360 g/mol. The van der Waals surface area contributed by atoms with Crippen LogP contribution in [0.5, 0.6) is 5.75 Å². The number of ether oxygens (including phenoxy) is 1. The van der Waals surface area contributed by atoms with Crippen molar-refractivity contribution in [3.05, 3.63) is 60.5 Å². The molecule has 8 nitrogen and oxygen atoms in total. The second kappa shape index (κ2) is 7.15. The molecule has 0 unspecified atom stereocenters. The molecule has 1 aliphatic rings. The normalized spacial score (nSPS) is 16.7. The fourth-order valence-corrected chi connectivity index (χ4v) is 3.11. The highest BCUT2D eigenvalue weighted by Gasteiger charge is 2.43. The average Bonchev–Trinajstić information content (AvgIpc) is 3.28. The van der Waals surface area contributed by atoms with Crippen LogP contribution in [0.2, 0.25) is 0 Å². The zero-order chi connectivity index (χ0) is 19.7. The SMILES string of the molecule is COc1ccc(-c2noc(CN3C(=O)[C@H](C)N(c4ccccc4)C3=O)n2)cc1. The lowest BCUT2D eigenvalue weighted by Crippen LogP contribution is -2.33. The smallest absolute Gasteiger partial charge is 0.332 e. The van der Waals surface area contributed by atoms with Gasteiger partial charge in [-0.2, -0.15) is 4.98 Å². The molecule has 0 spiro atoms. The third-order valence-corrected chi connectivity index (χ3v) is 4.59. The Hall–Kier alpha value is -3.68. The van der Waals surface area contributed by atoms with E-state index in [-0.39, 0.29) is 18.3 Å². The molecule has 3 aromatic rings. The van der Waals surface area contributed by atoms with Crippen LogP contribution in [0.4, 0.5) is 10.5 Å².